The Hall–Kier alpha value is -1.34. The molecule has 1 aromatic rings. The molecule has 1 aromatic carbocycles. The second-order valence-corrected chi connectivity index (χ2v) is 6.21. The molecule has 1 saturated carbocycles. The molecule has 1 unspecified atom stereocenters. The lowest BCUT2D eigenvalue weighted by atomic mass is 9.99. The molecule has 2 N–H and O–H groups in total. The van der Waals surface area contributed by atoms with Crippen molar-refractivity contribution in [2.24, 2.45) is 5.92 Å². The van der Waals surface area contributed by atoms with Crippen molar-refractivity contribution < 1.29 is 22.4 Å². The summed E-state index contributed by atoms with van der Waals surface area (Å²) in [6, 6.07) is 1.66. The van der Waals surface area contributed by atoms with Gasteiger partial charge in [-0.2, -0.15) is 13.2 Å². The summed E-state index contributed by atoms with van der Waals surface area (Å²) < 4.78 is 52.1. The van der Waals surface area contributed by atoms with Crippen LogP contribution in [0.25, 0.3) is 0 Å². The quantitative estimate of drug-likeness (QED) is 0.800. The molecule has 2 atom stereocenters. The third kappa shape index (κ3) is 4.19. The zero-order chi connectivity index (χ0) is 16.6. The fourth-order valence-electron chi connectivity index (χ4n) is 3.00. The zero-order valence-electron chi connectivity index (χ0n) is 12.8. The zero-order valence-corrected chi connectivity index (χ0v) is 13.6. The van der Waals surface area contributed by atoms with Crippen molar-refractivity contribution in [2.45, 2.75) is 43.9 Å². The Kier molecular flexibility index (Phi) is 5.75. The lowest BCUT2D eigenvalue weighted by Crippen LogP contribution is -2.42. The number of carbonyl (C=O) groups is 1. The molecule has 3 nitrogen and oxygen atoms in total. The first-order valence-corrected chi connectivity index (χ1v) is 7.76. The van der Waals surface area contributed by atoms with Crippen molar-refractivity contribution in [3.63, 3.8) is 0 Å². The fourth-order valence-corrected chi connectivity index (χ4v) is 3.00. The molecule has 2 fully saturated rings. The second kappa shape index (κ2) is 7.27. The Balaban J connectivity index is 0.00000208. The van der Waals surface area contributed by atoms with Crippen LogP contribution in [0.15, 0.2) is 18.2 Å². The van der Waals surface area contributed by atoms with Gasteiger partial charge in [0.15, 0.2) is 0 Å². The summed E-state index contributed by atoms with van der Waals surface area (Å²) in [6.07, 6.45) is -1.28. The van der Waals surface area contributed by atoms with Gasteiger partial charge < -0.3 is 10.6 Å². The van der Waals surface area contributed by atoms with Crippen molar-refractivity contribution in [1.29, 1.82) is 0 Å². The highest BCUT2D eigenvalue weighted by atomic mass is 35.5. The number of halogens is 5. The molecule has 24 heavy (non-hydrogen) atoms. The minimum Gasteiger partial charge on any atom is -0.348 e. The van der Waals surface area contributed by atoms with Gasteiger partial charge in [0.2, 0.25) is 5.91 Å². The van der Waals surface area contributed by atoms with Crippen LogP contribution < -0.4 is 10.6 Å². The maximum absolute atomic E-state index is 14.2. The summed E-state index contributed by atoms with van der Waals surface area (Å²) in [5.41, 5.74) is -0.885. The third-order valence-corrected chi connectivity index (χ3v) is 4.43. The lowest BCUT2D eigenvalue weighted by molar-refractivity contribution is -0.137. The minimum absolute atomic E-state index is 0. The van der Waals surface area contributed by atoms with Crippen LogP contribution in [0.5, 0.6) is 0 Å². The molecule has 134 valence electrons. The van der Waals surface area contributed by atoms with E-state index in [4.69, 9.17) is 0 Å². The Labute approximate surface area is 143 Å². The van der Waals surface area contributed by atoms with E-state index < -0.39 is 23.6 Å². The molecular formula is C16H19ClF4N2O. The Morgan fingerprint density at radius 2 is 1.96 bits per heavy atom. The van der Waals surface area contributed by atoms with Crippen LogP contribution in [0.3, 0.4) is 0 Å². The smallest absolute Gasteiger partial charge is 0.348 e. The summed E-state index contributed by atoms with van der Waals surface area (Å²) in [4.78, 5) is 12.2. The number of nitrogens with one attached hydrogen (secondary N) is 2. The van der Waals surface area contributed by atoms with E-state index in [9.17, 15) is 22.4 Å². The highest BCUT2D eigenvalue weighted by molar-refractivity contribution is 5.85. The third-order valence-electron chi connectivity index (χ3n) is 4.43. The van der Waals surface area contributed by atoms with E-state index in [1.807, 2.05) is 0 Å². The van der Waals surface area contributed by atoms with Gasteiger partial charge in [0.25, 0.3) is 0 Å². The minimum atomic E-state index is -4.58. The van der Waals surface area contributed by atoms with Crippen molar-refractivity contribution in [2.75, 3.05) is 6.54 Å². The van der Waals surface area contributed by atoms with Gasteiger partial charge in [0.1, 0.15) is 5.82 Å². The van der Waals surface area contributed by atoms with E-state index in [2.05, 4.69) is 10.6 Å². The van der Waals surface area contributed by atoms with Gasteiger partial charge in [-0.15, -0.1) is 12.4 Å². The summed E-state index contributed by atoms with van der Waals surface area (Å²) in [7, 11) is 0. The van der Waals surface area contributed by atoms with E-state index in [1.165, 1.54) is 0 Å². The van der Waals surface area contributed by atoms with Crippen molar-refractivity contribution in [3.05, 3.63) is 35.1 Å². The summed E-state index contributed by atoms with van der Waals surface area (Å²) >= 11 is 0. The standard InChI is InChI=1S/C16H18F4N2O.ClH/c17-12-8-10(16(18,19)20)5-6-11(12)14(9-3-4-9)22-15(23)13-2-1-7-21-13;/h5-6,8-9,13-14,21H,1-4,7H2,(H,22,23);1H/t13-,14?;/m1./s1. The fraction of sp³-hybridized carbons (Fsp3) is 0.562. The molecule has 1 saturated heterocycles. The highest BCUT2D eigenvalue weighted by Gasteiger charge is 2.38. The van der Waals surface area contributed by atoms with Gasteiger partial charge in [0.05, 0.1) is 17.6 Å². The van der Waals surface area contributed by atoms with Crippen LogP contribution >= 0.6 is 12.4 Å². The van der Waals surface area contributed by atoms with E-state index >= 15 is 0 Å². The predicted octanol–water partition coefficient (Wildman–Crippen LogP) is 3.59. The first-order chi connectivity index (χ1) is 10.9. The predicted molar refractivity (Wildman–Crippen MR) is 83.3 cm³/mol. The van der Waals surface area contributed by atoms with Crippen LogP contribution in [-0.2, 0) is 11.0 Å². The molecule has 1 amide bonds. The van der Waals surface area contributed by atoms with Gasteiger partial charge in [-0.05, 0) is 50.3 Å². The van der Waals surface area contributed by atoms with Gasteiger partial charge in [-0.1, -0.05) is 6.07 Å². The van der Waals surface area contributed by atoms with Crippen molar-refractivity contribution in [1.82, 2.24) is 10.6 Å². The molecule has 3 rings (SSSR count). The number of rotatable bonds is 4. The summed E-state index contributed by atoms with van der Waals surface area (Å²) in [5.74, 6) is -1.04. The molecular weight excluding hydrogens is 348 g/mol. The number of hydrogen-bond acceptors (Lipinski definition) is 2. The number of benzene rings is 1. The largest absolute Gasteiger partial charge is 0.416 e. The van der Waals surface area contributed by atoms with E-state index in [1.54, 1.807) is 0 Å². The van der Waals surface area contributed by atoms with Crippen LogP contribution in [0.2, 0.25) is 0 Å². The Morgan fingerprint density at radius 1 is 1.25 bits per heavy atom. The molecule has 1 aliphatic carbocycles. The van der Waals surface area contributed by atoms with Crippen molar-refractivity contribution in [3.8, 4) is 0 Å². The van der Waals surface area contributed by atoms with Crippen LogP contribution in [0.1, 0.15) is 42.9 Å². The number of hydrogen-bond donors (Lipinski definition) is 2. The molecule has 1 aliphatic heterocycles. The van der Waals surface area contributed by atoms with Gasteiger partial charge in [-0.25, -0.2) is 4.39 Å². The van der Waals surface area contributed by atoms with E-state index in [0.29, 0.717) is 6.07 Å². The maximum Gasteiger partial charge on any atom is 0.416 e. The molecule has 0 radical (unpaired) electrons. The van der Waals surface area contributed by atoms with E-state index in [0.717, 1.165) is 44.4 Å². The first kappa shape index (κ1) is 19.0. The monoisotopic (exact) mass is 366 g/mol. The number of alkyl halides is 3. The molecule has 0 bridgehead atoms. The van der Waals surface area contributed by atoms with E-state index in [-0.39, 0.29) is 35.8 Å². The SMILES string of the molecule is Cl.O=C(NC(c1ccc(C(F)(F)F)cc1F)C1CC1)[C@H]1CCCN1. The topological polar surface area (TPSA) is 41.1 Å². The van der Waals surface area contributed by atoms with Crippen LogP contribution in [-0.4, -0.2) is 18.5 Å². The Bertz CT molecular complexity index is 598. The van der Waals surface area contributed by atoms with Gasteiger partial charge in [-0.3, -0.25) is 4.79 Å². The summed E-state index contributed by atoms with van der Waals surface area (Å²) in [6.45, 7) is 0.765. The van der Waals surface area contributed by atoms with Crippen LogP contribution in [0.4, 0.5) is 17.6 Å². The lowest BCUT2D eigenvalue weighted by Gasteiger charge is -2.22. The first-order valence-electron chi connectivity index (χ1n) is 7.76. The molecule has 1 heterocycles. The van der Waals surface area contributed by atoms with Crippen molar-refractivity contribution >= 4 is 18.3 Å². The summed E-state index contributed by atoms with van der Waals surface area (Å²) in [5, 5.41) is 5.88. The normalized spacial score (nSPS) is 21.9. The maximum atomic E-state index is 14.2. The second-order valence-electron chi connectivity index (χ2n) is 6.21. The average molecular weight is 367 g/mol. The van der Waals surface area contributed by atoms with Gasteiger partial charge >= 0.3 is 6.18 Å². The molecule has 2 aliphatic rings. The highest BCUT2D eigenvalue weighted by Crippen LogP contribution is 2.42. The molecule has 8 heteroatoms. The van der Waals surface area contributed by atoms with Crippen LogP contribution in [0, 0.1) is 11.7 Å². The number of amides is 1. The number of carbonyl (C=O) groups excluding carboxylic acids is 1. The molecule has 0 spiro atoms. The average Bonchev–Trinajstić information content (AvgIpc) is 3.17. The van der Waals surface area contributed by atoms with Gasteiger partial charge in [0, 0.05) is 5.56 Å². The molecule has 0 aromatic heterocycles. The Morgan fingerprint density at radius 3 is 2.46 bits per heavy atom.